The number of H-pyrrole nitrogens is 1. The number of aromatic amines is 1. The van der Waals surface area contributed by atoms with Crippen molar-refractivity contribution in [3.05, 3.63) is 34.7 Å². The van der Waals surface area contributed by atoms with E-state index >= 15 is 0 Å². The van der Waals surface area contributed by atoms with E-state index in [0.717, 1.165) is 31.3 Å². The highest BCUT2D eigenvalue weighted by atomic mass is 16.2. The SMILES string of the molecule is N#CC1(NC(=O)C(CC2CCCCC2)Nc2nc(=O)[nH]c3ccccc23)CCN(CC2CCCC2)C1. The number of carbonyl (C=O) groups excluding carboxylic acids is 1. The van der Waals surface area contributed by atoms with E-state index in [1.165, 1.54) is 44.9 Å². The number of amides is 1. The van der Waals surface area contributed by atoms with Crippen LogP contribution in [0.1, 0.15) is 70.6 Å². The molecule has 2 heterocycles. The molecule has 192 valence electrons. The molecule has 2 atom stereocenters. The van der Waals surface area contributed by atoms with E-state index in [9.17, 15) is 14.9 Å². The fourth-order valence-corrected chi connectivity index (χ4v) is 6.51. The van der Waals surface area contributed by atoms with Crippen molar-refractivity contribution in [3.8, 4) is 6.07 Å². The Hall–Kier alpha value is -2.92. The highest BCUT2D eigenvalue weighted by molar-refractivity contribution is 5.92. The van der Waals surface area contributed by atoms with Crippen molar-refractivity contribution in [1.82, 2.24) is 20.2 Å². The van der Waals surface area contributed by atoms with Crippen LogP contribution in [0.2, 0.25) is 0 Å². The molecule has 1 amide bonds. The second kappa shape index (κ2) is 11.0. The highest BCUT2D eigenvalue weighted by Crippen LogP contribution is 2.31. The molecule has 36 heavy (non-hydrogen) atoms. The lowest BCUT2D eigenvalue weighted by Crippen LogP contribution is -2.54. The molecular formula is C28H38N6O2. The van der Waals surface area contributed by atoms with Gasteiger partial charge in [0.1, 0.15) is 17.4 Å². The molecule has 1 aromatic carbocycles. The topological polar surface area (TPSA) is 114 Å². The number of para-hydroxylation sites is 1. The molecule has 0 spiro atoms. The minimum atomic E-state index is -0.869. The molecule has 2 unspecified atom stereocenters. The molecule has 0 radical (unpaired) electrons. The van der Waals surface area contributed by atoms with Crippen LogP contribution in [-0.4, -0.2) is 52.0 Å². The Bertz CT molecular complexity index is 1160. The summed E-state index contributed by atoms with van der Waals surface area (Å²) in [4.78, 5) is 35.3. The lowest BCUT2D eigenvalue weighted by atomic mass is 9.84. The predicted molar refractivity (Wildman–Crippen MR) is 140 cm³/mol. The standard InChI is InChI=1S/C28H38N6O2/c29-18-28(14-15-34(19-28)17-21-10-4-5-11-21)33-26(35)24(16-20-8-2-1-3-9-20)30-25-22-12-6-7-13-23(22)31-27(36)32-25/h6-7,12-13,20-21,24H,1-5,8-11,14-17,19H2,(H,33,35)(H2,30,31,32,36). The smallest absolute Gasteiger partial charge is 0.347 e. The van der Waals surface area contributed by atoms with Gasteiger partial charge in [0.15, 0.2) is 0 Å². The van der Waals surface area contributed by atoms with Gasteiger partial charge in [-0.3, -0.25) is 9.69 Å². The van der Waals surface area contributed by atoms with Gasteiger partial charge in [0.05, 0.1) is 11.6 Å². The van der Waals surface area contributed by atoms with E-state index in [-0.39, 0.29) is 5.91 Å². The molecule has 2 aromatic rings. The second-order valence-corrected chi connectivity index (χ2v) is 11.2. The molecule has 1 aliphatic heterocycles. The summed E-state index contributed by atoms with van der Waals surface area (Å²) in [6, 6.07) is 9.38. The lowest BCUT2D eigenvalue weighted by Gasteiger charge is -2.30. The van der Waals surface area contributed by atoms with Crippen LogP contribution in [0.25, 0.3) is 10.9 Å². The summed E-state index contributed by atoms with van der Waals surface area (Å²) >= 11 is 0. The van der Waals surface area contributed by atoms with E-state index < -0.39 is 17.3 Å². The van der Waals surface area contributed by atoms with Gasteiger partial charge in [-0.1, -0.05) is 57.1 Å². The minimum absolute atomic E-state index is 0.170. The number of nitrogens with zero attached hydrogens (tertiary/aromatic N) is 3. The second-order valence-electron chi connectivity index (χ2n) is 11.2. The molecular weight excluding hydrogens is 452 g/mol. The number of aromatic nitrogens is 2. The van der Waals surface area contributed by atoms with Gasteiger partial charge >= 0.3 is 5.69 Å². The molecule has 8 nitrogen and oxygen atoms in total. The maximum atomic E-state index is 13.8. The van der Waals surface area contributed by atoms with Gasteiger partial charge in [-0.25, -0.2) is 4.79 Å². The zero-order valence-corrected chi connectivity index (χ0v) is 21.1. The number of fused-ring (bicyclic) bond motifs is 1. The third-order valence-corrected chi connectivity index (χ3v) is 8.47. The third-order valence-electron chi connectivity index (χ3n) is 8.47. The van der Waals surface area contributed by atoms with Crippen molar-refractivity contribution in [3.63, 3.8) is 0 Å². The lowest BCUT2D eigenvalue weighted by molar-refractivity contribution is -0.123. The van der Waals surface area contributed by atoms with E-state index in [2.05, 4.69) is 31.6 Å². The largest absolute Gasteiger partial charge is 0.358 e. The fourth-order valence-electron chi connectivity index (χ4n) is 6.51. The Balaban J connectivity index is 1.34. The highest BCUT2D eigenvalue weighted by Gasteiger charge is 2.42. The van der Waals surface area contributed by atoms with Crippen molar-refractivity contribution >= 4 is 22.6 Å². The summed E-state index contributed by atoms with van der Waals surface area (Å²) in [5, 5.41) is 17.4. The van der Waals surface area contributed by atoms with Gasteiger partial charge in [-0.15, -0.1) is 0 Å². The summed E-state index contributed by atoms with van der Waals surface area (Å²) in [6.07, 6.45) is 12.3. The first-order chi connectivity index (χ1) is 17.5. The van der Waals surface area contributed by atoms with Crippen molar-refractivity contribution in [1.29, 1.82) is 5.26 Å². The fraction of sp³-hybridized carbons (Fsp3) is 0.643. The van der Waals surface area contributed by atoms with Gasteiger partial charge in [0, 0.05) is 25.0 Å². The zero-order chi connectivity index (χ0) is 25.0. The van der Waals surface area contributed by atoms with Gasteiger partial charge in [0.25, 0.3) is 0 Å². The average Bonchev–Trinajstić information content (AvgIpc) is 3.55. The van der Waals surface area contributed by atoms with E-state index in [4.69, 9.17) is 0 Å². The zero-order valence-electron chi connectivity index (χ0n) is 21.1. The Labute approximate surface area is 212 Å². The number of benzene rings is 1. The maximum Gasteiger partial charge on any atom is 0.347 e. The third kappa shape index (κ3) is 5.73. The normalized spacial score (nSPS) is 24.5. The van der Waals surface area contributed by atoms with E-state index in [0.29, 0.717) is 42.6 Å². The number of hydrogen-bond donors (Lipinski definition) is 3. The predicted octanol–water partition coefficient (Wildman–Crippen LogP) is 3.95. The van der Waals surface area contributed by atoms with Crippen molar-refractivity contribution in [2.45, 2.75) is 82.2 Å². The van der Waals surface area contributed by atoms with Crippen LogP contribution in [0.15, 0.2) is 29.1 Å². The Morgan fingerprint density at radius 3 is 2.64 bits per heavy atom. The maximum absolute atomic E-state index is 13.8. The number of anilines is 1. The van der Waals surface area contributed by atoms with Crippen LogP contribution in [0.4, 0.5) is 5.82 Å². The number of nitrogens with one attached hydrogen (secondary N) is 3. The quantitative estimate of drug-likeness (QED) is 0.516. The molecule has 5 rings (SSSR count). The molecule has 2 saturated carbocycles. The first kappa shape index (κ1) is 24.8. The van der Waals surface area contributed by atoms with E-state index in [1.54, 1.807) is 0 Å². The van der Waals surface area contributed by atoms with Crippen LogP contribution in [0.3, 0.4) is 0 Å². The van der Waals surface area contributed by atoms with Crippen LogP contribution in [0.5, 0.6) is 0 Å². The summed E-state index contributed by atoms with van der Waals surface area (Å²) in [5.41, 5.74) is -0.630. The van der Waals surface area contributed by atoms with Crippen LogP contribution in [0, 0.1) is 23.2 Å². The number of nitriles is 1. The number of rotatable bonds is 8. The number of likely N-dealkylation sites (tertiary alicyclic amines) is 1. The molecule has 1 aromatic heterocycles. The summed E-state index contributed by atoms with van der Waals surface area (Å²) in [5.74, 6) is 1.41. The summed E-state index contributed by atoms with van der Waals surface area (Å²) < 4.78 is 0. The molecule has 3 N–H and O–H groups in total. The molecule has 1 saturated heterocycles. The van der Waals surface area contributed by atoms with Gasteiger partial charge in [-0.2, -0.15) is 10.2 Å². The first-order valence-electron chi connectivity index (χ1n) is 13.7. The molecule has 3 fully saturated rings. The van der Waals surface area contributed by atoms with Crippen LogP contribution < -0.4 is 16.3 Å². The summed E-state index contributed by atoms with van der Waals surface area (Å²) in [7, 11) is 0. The van der Waals surface area contributed by atoms with Gasteiger partial charge in [-0.05, 0) is 49.7 Å². The van der Waals surface area contributed by atoms with Crippen molar-refractivity contribution in [2.75, 3.05) is 25.0 Å². The molecule has 3 aliphatic rings. The molecule has 0 bridgehead atoms. The van der Waals surface area contributed by atoms with Crippen LogP contribution in [-0.2, 0) is 4.79 Å². The van der Waals surface area contributed by atoms with E-state index in [1.807, 2.05) is 24.3 Å². The number of hydrogen-bond acceptors (Lipinski definition) is 6. The first-order valence-corrected chi connectivity index (χ1v) is 13.7. The monoisotopic (exact) mass is 490 g/mol. The van der Waals surface area contributed by atoms with Gasteiger partial charge in [0.2, 0.25) is 5.91 Å². The molecule has 8 heteroatoms. The summed E-state index contributed by atoms with van der Waals surface area (Å²) in [6.45, 7) is 2.44. The average molecular weight is 491 g/mol. The molecule has 2 aliphatic carbocycles. The number of carbonyl (C=O) groups is 1. The van der Waals surface area contributed by atoms with Crippen molar-refractivity contribution in [2.24, 2.45) is 11.8 Å². The van der Waals surface area contributed by atoms with Crippen molar-refractivity contribution < 1.29 is 4.79 Å². The Morgan fingerprint density at radius 2 is 1.86 bits per heavy atom. The Kier molecular flexibility index (Phi) is 7.56. The minimum Gasteiger partial charge on any atom is -0.358 e. The van der Waals surface area contributed by atoms with Gasteiger partial charge < -0.3 is 15.6 Å². The van der Waals surface area contributed by atoms with Crippen LogP contribution >= 0.6 is 0 Å². The Morgan fingerprint density at radius 1 is 1.14 bits per heavy atom.